The number of hydrogen-bond donors (Lipinski definition) is 1. The SMILES string of the molecule is O=c1[nH]cnc2cc(OC(F)(F)F)cc(F)c12. The number of rotatable bonds is 1. The van der Waals surface area contributed by atoms with Crippen LogP contribution in [0, 0.1) is 5.82 Å². The fraction of sp³-hybridized carbons (Fsp3) is 0.111. The number of aromatic nitrogens is 2. The van der Waals surface area contributed by atoms with Crippen molar-refractivity contribution in [1.82, 2.24) is 9.97 Å². The third kappa shape index (κ3) is 2.35. The van der Waals surface area contributed by atoms with Gasteiger partial charge in [-0.1, -0.05) is 0 Å². The monoisotopic (exact) mass is 248 g/mol. The topological polar surface area (TPSA) is 55.0 Å². The van der Waals surface area contributed by atoms with Crippen LogP contribution < -0.4 is 10.3 Å². The molecule has 0 unspecified atom stereocenters. The molecule has 0 amide bonds. The molecule has 1 N–H and O–H groups in total. The number of nitrogens with zero attached hydrogens (tertiary/aromatic N) is 1. The molecule has 0 saturated heterocycles. The summed E-state index contributed by atoms with van der Waals surface area (Å²) in [6.07, 6.45) is -3.97. The molecule has 2 aromatic rings. The zero-order valence-electron chi connectivity index (χ0n) is 8.01. The van der Waals surface area contributed by atoms with E-state index in [9.17, 15) is 22.4 Å². The van der Waals surface area contributed by atoms with Crippen LogP contribution in [0.5, 0.6) is 5.75 Å². The molecule has 0 aliphatic carbocycles. The number of alkyl halides is 3. The van der Waals surface area contributed by atoms with Crippen LogP contribution in [0.1, 0.15) is 0 Å². The van der Waals surface area contributed by atoms with E-state index in [1.54, 1.807) is 0 Å². The second-order valence-electron chi connectivity index (χ2n) is 3.08. The Hall–Kier alpha value is -2.12. The van der Waals surface area contributed by atoms with Crippen LogP contribution in [0.15, 0.2) is 23.3 Å². The quantitative estimate of drug-likeness (QED) is 0.785. The van der Waals surface area contributed by atoms with Gasteiger partial charge >= 0.3 is 6.36 Å². The average molecular weight is 248 g/mol. The summed E-state index contributed by atoms with van der Waals surface area (Å²) in [7, 11) is 0. The largest absolute Gasteiger partial charge is 0.573 e. The highest BCUT2D eigenvalue weighted by atomic mass is 19.4. The van der Waals surface area contributed by atoms with Crippen molar-refractivity contribution in [2.75, 3.05) is 0 Å². The summed E-state index contributed by atoms with van der Waals surface area (Å²) in [6, 6.07) is 1.31. The lowest BCUT2D eigenvalue weighted by atomic mass is 10.2. The molecular formula is C9H4F4N2O2. The van der Waals surface area contributed by atoms with Gasteiger partial charge in [-0.15, -0.1) is 13.2 Å². The van der Waals surface area contributed by atoms with Gasteiger partial charge in [0.05, 0.1) is 11.8 Å². The number of aromatic amines is 1. The van der Waals surface area contributed by atoms with Crippen LogP contribution in [-0.2, 0) is 0 Å². The van der Waals surface area contributed by atoms with Crippen molar-refractivity contribution in [1.29, 1.82) is 0 Å². The smallest absolute Gasteiger partial charge is 0.406 e. The maximum atomic E-state index is 13.4. The molecule has 1 heterocycles. The van der Waals surface area contributed by atoms with Gasteiger partial charge in [0.2, 0.25) is 0 Å². The van der Waals surface area contributed by atoms with Gasteiger partial charge in [0.15, 0.2) is 0 Å². The highest BCUT2D eigenvalue weighted by molar-refractivity contribution is 5.79. The van der Waals surface area contributed by atoms with Crippen LogP contribution in [0.3, 0.4) is 0 Å². The van der Waals surface area contributed by atoms with Gasteiger partial charge in [-0.2, -0.15) is 0 Å². The average Bonchev–Trinajstić information content (AvgIpc) is 2.13. The Labute approximate surface area is 90.9 Å². The van der Waals surface area contributed by atoms with Crippen molar-refractivity contribution < 1.29 is 22.3 Å². The Morgan fingerprint density at radius 2 is 2.00 bits per heavy atom. The van der Waals surface area contributed by atoms with E-state index in [0.29, 0.717) is 6.07 Å². The Morgan fingerprint density at radius 3 is 2.65 bits per heavy atom. The maximum absolute atomic E-state index is 13.4. The molecule has 0 atom stereocenters. The fourth-order valence-corrected chi connectivity index (χ4v) is 1.32. The second kappa shape index (κ2) is 3.72. The van der Waals surface area contributed by atoms with Crippen molar-refractivity contribution >= 4 is 10.9 Å². The van der Waals surface area contributed by atoms with Gasteiger partial charge < -0.3 is 9.72 Å². The lowest BCUT2D eigenvalue weighted by molar-refractivity contribution is -0.274. The van der Waals surface area contributed by atoms with E-state index in [-0.39, 0.29) is 5.52 Å². The van der Waals surface area contributed by atoms with Crippen molar-refractivity contribution in [2.24, 2.45) is 0 Å². The minimum atomic E-state index is -4.93. The number of nitrogens with one attached hydrogen (secondary N) is 1. The molecule has 4 nitrogen and oxygen atoms in total. The first-order chi connectivity index (χ1) is 7.87. The molecule has 8 heteroatoms. The summed E-state index contributed by atoms with van der Waals surface area (Å²) in [6.45, 7) is 0. The van der Waals surface area contributed by atoms with Gasteiger partial charge in [-0.05, 0) is 0 Å². The zero-order valence-corrected chi connectivity index (χ0v) is 8.01. The van der Waals surface area contributed by atoms with Gasteiger partial charge in [-0.25, -0.2) is 9.37 Å². The molecule has 0 bridgehead atoms. The normalized spacial score (nSPS) is 11.8. The fourth-order valence-electron chi connectivity index (χ4n) is 1.32. The molecule has 0 fully saturated rings. The Kier molecular flexibility index (Phi) is 2.49. The summed E-state index contributed by atoms with van der Waals surface area (Å²) in [5.74, 6) is -1.89. The highest BCUT2D eigenvalue weighted by Crippen LogP contribution is 2.26. The first-order valence-electron chi connectivity index (χ1n) is 4.29. The van der Waals surface area contributed by atoms with E-state index in [0.717, 1.165) is 12.4 Å². The number of ether oxygens (including phenoxy) is 1. The number of halogens is 4. The third-order valence-electron chi connectivity index (χ3n) is 1.90. The second-order valence-corrected chi connectivity index (χ2v) is 3.08. The van der Waals surface area contributed by atoms with Crippen molar-refractivity contribution in [3.8, 4) is 5.75 Å². The van der Waals surface area contributed by atoms with E-state index in [1.807, 2.05) is 0 Å². The summed E-state index contributed by atoms with van der Waals surface area (Å²) >= 11 is 0. The maximum Gasteiger partial charge on any atom is 0.573 e. The molecule has 0 radical (unpaired) electrons. The molecular weight excluding hydrogens is 244 g/mol. The summed E-state index contributed by atoms with van der Waals surface area (Å²) in [5.41, 5.74) is -0.987. The zero-order chi connectivity index (χ0) is 12.6. The number of fused-ring (bicyclic) bond motifs is 1. The molecule has 1 aromatic heterocycles. The van der Waals surface area contributed by atoms with Crippen molar-refractivity contribution in [2.45, 2.75) is 6.36 Å². The van der Waals surface area contributed by atoms with Crippen LogP contribution in [0.4, 0.5) is 17.6 Å². The van der Waals surface area contributed by atoms with E-state index >= 15 is 0 Å². The van der Waals surface area contributed by atoms with E-state index in [4.69, 9.17) is 0 Å². The Balaban J connectivity index is 2.61. The molecule has 0 spiro atoms. The lowest BCUT2D eigenvalue weighted by Gasteiger charge is -2.09. The first-order valence-corrected chi connectivity index (χ1v) is 4.29. The third-order valence-corrected chi connectivity index (χ3v) is 1.90. The van der Waals surface area contributed by atoms with E-state index < -0.39 is 28.9 Å². The number of hydrogen-bond acceptors (Lipinski definition) is 3. The molecule has 17 heavy (non-hydrogen) atoms. The van der Waals surface area contributed by atoms with Gasteiger partial charge in [0.25, 0.3) is 5.56 Å². The standard InChI is InChI=1S/C9H4F4N2O2/c10-5-1-4(17-9(11,12)13)2-6-7(5)8(16)15-3-14-6/h1-3H,(H,14,15,16). The Morgan fingerprint density at radius 1 is 1.29 bits per heavy atom. The predicted octanol–water partition coefficient (Wildman–Crippen LogP) is 1.96. The molecule has 0 aliphatic heterocycles. The molecule has 0 saturated carbocycles. The van der Waals surface area contributed by atoms with Crippen LogP contribution in [0.2, 0.25) is 0 Å². The number of H-pyrrole nitrogens is 1. The van der Waals surface area contributed by atoms with Gasteiger partial charge in [0, 0.05) is 12.1 Å². The Bertz CT molecular complexity index is 620. The van der Waals surface area contributed by atoms with Crippen molar-refractivity contribution in [3.63, 3.8) is 0 Å². The molecule has 1 aromatic carbocycles. The minimum Gasteiger partial charge on any atom is -0.406 e. The van der Waals surface area contributed by atoms with Crippen LogP contribution in [0.25, 0.3) is 10.9 Å². The van der Waals surface area contributed by atoms with E-state index in [1.165, 1.54) is 0 Å². The summed E-state index contributed by atoms with van der Waals surface area (Å²) < 4.78 is 52.7. The van der Waals surface area contributed by atoms with Crippen LogP contribution in [-0.4, -0.2) is 16.3 Å². The van der Waals surface area contributed by atoms with Crippen LogP contribution >= 0.6 is 0 Å². The minimum absolute atomic E-state index is 0.215. The lowest BCUT2D eigenvalue weighted by Crippen LogP contribution is -2.17. The molecule has 90 valence electrons. The number of benzene rings is 1. The predicted molar refractivity (Wildman–Crippen MR) is 49.0 cm³/mol. The van der Waals surface area contributed by atoms with Crippen molar-refractivity contribution in [3.05, 3.63) is 34.6 Å². The summed E-state index contributed by atoms with van der Waals surface area (Å²) in [5, 5.41) is -0.415. The van der Waals surface area contributed by atoms with Gasteiger partial charge in [0.1, 0.15) is 17.0 Å². The van der Waals surface area contributed by atoms with E-state index in [2.05, 4.69) is 14.7 Å². The highest BCUT2D eigenvalue weighted by Gasteiger charge is 2.31. The van der Waals surface area contributed by atoms with Gasteiger partial charge in [-0.3, -0.25) is 4.79 Å². The molecule has 0 aliphatic rings. The summed E-state index contributed by atoms with van der Waals surface area (Å²) in [4.78, 5) is 16.9. The molecule has 2 rings (SSSR count). The first kappa shape index (κ1) is 11.4.